The molecule has 1 atom stereocenters. The molecular weight excluding hydrogens is 350 g/mol. The first-order valence-electron chi connectivity index (χ1n) is 7.07. The van der Waals surface area contributed by atoms with Crippen molar-refractivity contribution in [3.8, 4) is 0 Å². The van der Waals surface area contributed by atoms with E-state index in [9.17, 15) is 9.59 Å². The Bertz CT molecular complexity index is 968. The van der Waals surface area contributed by atoms with E-state index in [4.69, 9.17) is 11.6 Å². The normalized spacial score (nSPS) is 12.3. The molecule has 3 rings (SSSR count). The molecule has 0 spiro atoms. The van der Waals surface area contributed by atoms with Gasteiger partial charge < -0.3 is 15.3 Å². The molecule has 0 aliphatic heterocycles. The lowest BCUT2D eigenvalue weighted by Crippen LogP contribution is -2.28. The second-order valence-corrected chi connectivity index (χ2v) is 6.31. The van der Waals surface area contributed by atoms with Crippen LogP contribution in [0.15, 0.2) is 34.3 Å². The van der Waals surface area contributed by atoms with Gasteiger partial charge in [0.2, 0.25) is 0 Å². The average molecular weight is 364 g/mol. The van der Waals surface area contributed by atoms with Crippen LogP contribution >= 0.6 is 23.4 Å². The van der Waals surface area contributed by atoms with Crippen LogP contribution in [-0.2, 0) is 0 Å². The number of fused-ring (bicyclic) bond motifs is 1. The van der Waals surface area contributed by atoms with Crippen molar-refractivity contribution in [3.63, 3.8) is 0 Å². The number of carbonyl (C=O) groups is 1. The molecule has 0 radical (unpaired) electrons. The number of amides is 1. The van der Waals surface area contributed by atoms with E-state index in [1.54, 1.807) is 6.07 Å². The summed E-state index contributed by atoms with van der Waals surface area (Å²) in [6, 6.07) is 5.15. The lowest BCUT2D eigenvalue weighted by molar-refractivity contribution is 0.0934. The predicted molar refractivity (Wildman–Crippen MR) is 93.6 cm³/mol. The largest absolute Gasteiger partial charge is 0.344 e. The zero-order valence-electron chi connectivity index (χ0n) is 12.9. The Morgan fingerprint density at radius 3 is 2.83 bits per heavy atom. The second-order valence-electron chi connectivity index (χ2n) is 5.13. The van der Waals surface area contributed by atoms with Crippen molar-refractivity contribution in [1.29, 1.82) is 0 Å². The van der Waals surface area contributed by atoms with Gasteiger partial charge in [-0.1, -0.05) is 29.4 Å². The highest BCUT2D eigenvalue weighted by Crippen LogP contribution is 2.20. The monoisotopic (exact) mass is 363 g/mol. The SMILES string of the molecule is CSc1ncc(Cl)c(C(=O)NC(C)c2ccc3[nH]c(=O)[nH]c3c2)n1. The maximum atomic E-state index is 12.4. The number of rotatable bonds is 4. The number of hydrogen-bond acceptors (Lipinski definition) is 5. The van der Waals surface area contributed by atoms with Gasteiger partial charge in [-0.25, -0.2) is 14.8 Å². The maximum absolute atomic E-state index is 12.4. The number of halogens is 1. The molecule has 2 aromatic heterocycles. The lowest BCUT2D eigenvalue weighted by Gasteiger charge is -2.14. The number of aromatic amines is 2. The second kappa shape index (κ2) is 6.66. The van der Waals surface area contributed by atoms with Gasteiger partial charge in [0.1, 0.15) is 0 Å². The molecule has 0 aliphatic carbocycles. The summed E-state index contributed by atoms with van der Waals surface area (Å²) in [6.07, 6.45) is 3.23. The fraction of sp³-hybridized carbons (Fsp3) is 0.200. The minimum Gasteiger partial charge on any atom is -0.344 e. The molecule has 1 unspecified atom stereocenters. The van der Waals surface area contributed by atoms with Crippen LogP contribution in [0.1, 0.15) is 29.0 Å². The van der Waals surface area contributed by atoms with Gasteiger partial charge in [0.15, 0.2) is 10.9 Å². The summed E-state index contributed by atoms with van der Waals surface area (Å²) in [6.45, 7) is 1.84. The van der Waals surface area contributed by atoms with Gasteiger partial charge in [0, 0.05) is 0 Å². The highest BCUT2D eigenvalue weighted by molar-refractivity contribution is 7.98. The summed E-state index contributed by atoms with van der Waals surface area (Å²) < 4.78 is 0. The molecule has 0 bridgehead atoms. The van der Waals surface area contributed by atoms with Crippen molar-refractivity contribution in [2.45, 2.75) is 18.1 Å². The van der Waals surface area contributed by atoms with Gasteiger partial charge in [0.25, 0.3) is 5.91 Å². The molecule has 3 N–H and O–H groups in total. The van der Waals surface area contributed by atoms with Crippen molar-refractivity contribution < 1.29 is 4.79 Å². The summed E-state index contributed by atoms with van der Waals surface area (Å²) >= 11 is 7.35. The Kier molecular flexibility index (Phi) is 4.59. The number of aromatic nitrogens is 4. The van der Waals surface area contributed by atoms with E-state index in [0.717, 1.165) is 5.56 Å². The van der Waals surface area contributed by atoms with Crippen LogP contribution in [-0.4, -0.2) is 32.1 Å². The number of hydrogen-bond donors (Lipinski definition) is 3. The van der Waals surface area contributed by atoms with Crippen LogP contribution in [0.3, 0.4) is 0 Å². The Labute approximate surface area is 146 Å². The molecule has 9 heteroatoms. The molecule has 0 saturated carbocycles. The van der Waals surface area contributed by atoms with E-state index in [1.165, 1.54) is 18.0 Å². The maximum Gasteiger partial charge on any atom is 0.323 e. The summed E-state index contributed by atoms with van der Waals surface area (Å²) in [5, 5.41) is 3.52. The fourth-order valence-corrected chi connectivity index (χ4v) is 2.79. The number of carbonyl (C=O) groups excluding carboxylic acids is 1. The molecule has 0 saturated heterocycles. The van der Waals surface area contributed by atoms with E-state index in [2.05, 4.69) is 25.3 Å². The average Bonchev–Trinajstić information content (AvgIpc) is 2.94. The topological polar surface area (TPSA) is 104 Å². The van der Waals surface area contributed by atoms with Gasteiger partial charge in [0.05, 0.1) is 28.3 Å². The first kappa shape index (κ1) is 16.5. The van der Waals surface area contributed by atoms with Crippen LogP contribution in [0.4, 0.5) is 0 Å². The van der Waals surface area contributed by atoms with Gasteiger partial charge in [-0.15, -0.1) is 0 Å². The van der Waals surface area contributed by atoms with Gasteiger partial charge >= 0.3 is 5.69 Å². The third-order valence-electron chi connectivity index (χ3n) is 3.51. The minimum atomic E-state index is -0.382. The molecule has 1 aromatic carbocycles. The number of nitrogens with zero attached hydrogens (tertiary/aromatic N) is 2. The first-order valence-corrected chi connectivity index (χ1v) is 8.67. The van der Waals surface area contributed by atoms with Crippen LogP contribution in [0.5, 0.6) is 0 Å². The van der Waals surface area contributed by atoms with Crippen LogP contribution in [0.25, 0.3) is 11.0 Å². The molecule has 3 aromatic rings. The Balaban J connectivity index is 1.83. The highest BCUT2D eigenvalue weighted by Gasteiger charge is 2.17. The molecule has 2 heterocycles. The van der Waals surface area contributed by atoms with E-state index >= 15 is 0 Å². The number of H-pyrrole nitrogens is 2. The Morgan fingerprint density at radius 2 is 2.08 bits per heavy atom. The number of nitrogens with one attached hydrogen (secondary N) is 3. The summed E-state index contributed by atoms with van der Waals surface area (Å²) in [4.78, 5) is 37.3. The number of thioether (sulfide) groups is 1. The Hall–Kier alpha value is -2.32. The van der Waals surface area contributed by atoms with Crippen molar-refractivity contribution in [1.82, 2.24) is 25.3 Å². The predicted octanol–water partition coefficient (Wildman–Crippen LogP) is 2.51. The van der Waals surface area contributed by atoms with Crippen LogP contribution < -0.4 is 11.0 Å². The summed E-state index contributed by atoms with van der Waals surface area (Å²) in [5.74, 6) is -0.382. The van der Waals surface area contributed by atoms with E-state index < -0.39 is 0 Å². The smallest absolute Gasteiger partial charge is 0.323 e. The van der Waals surface area contributed by atoms with Gasteiger partial charge in [-0.3, -0.25) is 4.79 Å². The standard InChI is InChI=1S/C15H14ClN5O2S/c1-7(8-3-4-10-11(5-8)20-14(23)19-10)18-13(22)12-9(16)6-17-15(21-12)24-2/h3-7H,1-2H3,(H,18,22)(H2,19,20,23). The minimum absolute atomic E-state index is 0.138. The first-order chi connectivity index (χ1) is 11.5. The third-order valence-corrected chi connectivity index (χ3v) is 4.35. The van der Waals surface area contributed by atoms with Gasteiger partial charge in [-0.2, -0.15) is 0 Å². The summed E-state index contributed by atoms with van der Waals surface area (Å²) in [5.41, 5.74) is 2.12. The number of imidazole rings is 1. The van der Waals surface area contributed by atoms with Crippen LogP contribution in [0, 0.1) is 0 Å². The molecular formula is C15H14ClN5O2S. The van der Waals surface area contributed by atoms with E-state index in [-0.39, 0.29) is 28.4 Å². The molecule has 1 amide bonds. The van der Waals surface area contributed by atoms with Crippen LogP contribution in [0.2, 0.25) is 5.02 Å². The van der Waals surface area contributed by atoms with Gasteiger partial charge in [-0.05, 0) is 30.9 Å². The zero-order chi connectivity index (χ0) is 17.3. The quantitative estimate of drug-likeness (QED) is 0.488. The highest BCUT2D eigenvalue weighted by atomic mass is 35.5. The molecule has 0 aliphatic rings. The van der Waals surface area contributed by atoms with E-state index in [0.29, 0.717) is 16.2 Å². The molecule has 0 fully saturated rings. The van der Waals surface area contributed by atoms with Crippen molar-refractivity contribution in [3.05, 3.63) is 51.2 Å². The number of benzene rings is 1. The molecule has 7 nitrogen and oxygen atoms in total. The third kappa shape index (κ3) is 3.29. The summed E-state index contributed by atoms with van der Waals surface area (Å²) in [7, 11) is 0. The molecule has 124 valence electrons. The van der Waals surface area contributed by atoms with Crippen molar-refractivity contribution >= 4 is 40.3 Å². The fourth-order valence-electron chi connectivity index (χ4n) is 2.28. The zero-order valence-corrected chi connectivity index (χ0v) is 14.5. The Morgan fingerprint density at radius 1 is 1.33 bits per heavy atom. The van der Waals surface area contributed by atoms with E-state index in [1.807, 2.05) is 25.3 Å². The lowest BCUT2D eigenvalue weighted by atomic mass is 10.1. The molecule has 24 heavy (non-hydrogen) atoms. The van der Waals surface area contributed by atoms with Crippen molar-refractivity contribution in [2.24, 2.45) is 0 Å². The van der Waals surface area contributed by atoms with Crippen molar-refractivity contribution in [2.75, 3.05) is 6.26 Å².